The summed E-state index contributed by atoms with van der Waals surface area (Å²) in [6, 6.07) is 0. The second-order valence-electron chi connectivity index (χ2n) is 0.575. The van der Waals surface area contributed by atoms with E-state index >= 15 is 0 Å². The van der Waals surface area contributed by atoms with E-state index in [-0.39, 0.29) is 42.4 Å². The first-order valence-corrected chi connectivity index (χ1v) is 1.07. The third-order valence-electron chi connectivity index (χ3n) is 0.167. The molecule has 0 fully saturated rings. The van der Waals surface area contributed by atoms with Crippen LogP contribution < -0.4 is 47.9 Å². The zero-order valence-corrected chi connectivity index (χ0v) is 5.04. The van der Waals surface area contributed by atoms with E-state index in [9.17, 15) is 0 Å². The molecule has 0 saturated carbocycles. The van der Waals surface area contributed by atoms with Gasteiger partial charge in [-0.3, -0.25) is 4.70 Å². The molecule has 0 aliphatic heterocycles. The zero-order chi connectivity index (χ0) is 5.15. The monoisotopic (exact) mass is 122 g/mol. The van der Waals surface area contributed by atoms with Gasteiger partial charge < -0.3 is 19.8 Å². The molecule has 0 radical (unpaired) electrons. The Hall–Kier alpha value is 0.0648. The van der Waals surface area contributed by atoms with Crippen LogP contribution >= 0.6 is 0 Å². The summed E-state index contributed by atoms with van der Waals surface area (Å²) in [6.45, 7) is 0. The number of halogens is 1. The van der Waals surface area contributed by atoms with Gasteiger partial charge in [-0.25, -0.2) is 0 Å². The predicted molar refractivity (Wildman–Crippen MR) is 12.5 cm³/mol. The largest absolute Gasteiger partial charge is 1.00 e. The van der Waals surface area contributed by atoms with Crippen LogP contribution in [-0.2, 0) is 9.59 Å². The molecule has 4 nitrogen and oxygen atoms in total. The number of carboxylic acid groups (broad SMARTS) is 2. The van der Waals surface area contributed by atoms with Crippen molar-refractivity contribution in [3.05, 3.63) is 0 Å². The van der Waals surface area contributed by atoms with E-state index in [0.717, 1.165) is 0 Å². The molecule has 0 aliphatic carbocycles. The first-order chi connectivity index (χ1) is 2.64. The van der Waals surface area contributed by atoms with Crippen LogP contribution in [0.3, 0.4) is 0 Å². The Labute approximate surface area is 74.3 Å². The fourth-order valence-electron chi connectivity index (χ4n) is 0. The Balaban J connectivity index is -0.0000000417. The van der Waals surface area contributed by atoms with Crippen molar-refractivity contribution in [2.45, 2.75) is 0 Å². The van der Waals surface area contributed by atoms with Gasteiger partial charge in [0, 0.05) is 0 Å². The minimum atomic E-state index is -2.19. The number of carbonyl (C=O) groups excluding carboxylic acids is 2. The van der Waals surface area contributed by atoms with Crippen molar-refractivity contribution in [1.82, 2.24) is 0 Å². The van der Waals surface area contributed by atoms with Crippen molar-refractivity contribution in [3.63, 3.8) is 0 Å². The molecule has 0 atom stereocenters. The van der Waals surface area contributed by atoms with E-state index in [1.165, 1.54) is 0 Å². The van der Waals surface area contributed by atoms with E-state index in [1.807, 2.05) is 0 Å². The molecule has 0 amide bonds. The van der Waals surface area contributed by atoms with Gasteiger partial charge in [0.25, 0.3) is 0 Å². The Bertz CT molecular complexity index is 82.6. The van der Waals surface area contributed by atoms with Crippen molar-refractivity contribution in [3.8, 4) is 0 Å². The molecule has 0 rings (SSSR count). The van der Waals surface area contributed by atoms with Gasteiger partial charge in [-0.2, -0.15) is 0 Å². The molecule has 42 valence electrons. The van der Waals surface area contributed by atoms with Gasteiger partial charge in [0.2, 0.25) is 0 Å². The SMILES string of the molecule is F.O=C([O-])C(=O)[O-].[Li+].[Li+]. The van der Waals surface area contributed by atoms with Crippen molar-refractivity contribution >= 4 is 11.9 Å². The maximum Gasteiger partial charge on any atom is 1.00 e. The molecule has 7 heteroatoms. The molecule has 0 aromatic rings. The summed E-state index contributed by atoms with van der Waals surface area (Å²) in [4.78, 5) is 17.9. The molecule has 0 N–H and O–H groups in total. The Morgan fingerprint density at radius 2 is 1.00 bits per heavy atom. The fourth-order valence-corrected chi connectivity index (χ4v) is 0. The summed E-state index contributed by atoms with van der Waals surface area (Å²) in [5.41, 5.74) is 0. The smallest absolute Gasteiger partial charge is 0.543 e. The molecule has 0 aliphatic rings. The average Bonchev–Trinajstić information content (AvgIpc) is 1.36. The summed E-state index contributed by atoms with van der Waals surface area (Å²) in [5.74, 6) is -4.37. The van der Waals surface area contributed by atoms with Gasteiger partial charge in [-0.1, -0.05) is 0 Å². The summed E-state index contributed by atoms with van der Waals surface area (Å²) < 4.78 is 0. The van der Waals surface area contributed by atoms with Crippen LogP contribution in [0.4, 0.5) is 4.70 Å². The van der Waals surface area contributed by atoms with Crippen LogP contribution in [0.25, 0.3) is 0 Å². The minimum Gasteiger partial charge on any atom is -0.543 e. The first kappa shape index (κ1) is 23.0. The zero-order valence-electron chi connectivity index (χ0n) is 5.04. The number of hydrogen-bond acceptors (Lipinski definition) is 4. The van der Waals surface area contributed by atoms with Crippen LogP contribution in [0, 0.1) is 0 Å². The van der Waals surface area contributed by atoms with Crippen LogP contribution in [0.1, 0.15) is 0 Å². The number of aliphatic carboxylic acids is 2. The van der Waals surface area contributed by atoms with Gasteiger partial charge in [0.15, 0.2) is 0 Å². The Morgan fingerprint density at radius 1 is 0.889 bits per heavy atom. The summed E-state index contributed by atoms with van der Waals surface area (Å²) in [5, 5.41) is 17.9. The average molecular weight is 122 g/mol. The number of rotatable bonds is 0. The second kappa shape index (κ2) is 10.9. The van der Waals surface area contributed by atoms with Crippen molar-refractivity contribution in [2.75, 3.05) is 0 Å². The van der Waals surface area contributed by atoms with E-state index in [0.29, 0.717) is 0 Å². The molecule has 0 aromatic heterocycles. The molecule has 0 saturated heterocycles. The molecular weight excluding hydrogens is 121 g/mol. The van der Waals surface area contributed by atoms with Crippen LogP contribution in [0.5, 0.6) is 0 Å². The van der Waals surface area contributed by atoms with Crippen LogP contribution in [0.15, 0.2) is 0 Å². The third-order valence-corrected chi connectivity index (χ3v) is 0.167. The van der Waals surface area contributed by atoms with E-state index in [4.69, 9.17) is 19.8 Å². The Kier molecular flexibility index (Phi) is 27.9. The molecule has 9 heavy (non-hydrogen) atoms. The van der Waals surface area contributed by atoms with Gasteiger partial charge in [0.05, 0.1) is 11.9 Å². The topological polar surface area (TPSA) is 80.3 Å². The van der Waals surface area contributed by atoms with Gasteiger partial charge >= 0.3 is 37.7 Å². The summed E-state index contributed by atoms with van der Waals surface area (Å²) in [7, 11) is 0. The van der Waals surface area contributed by atoms with Crippen molar-refractivity contribution < 1.29 is 62.2 Å². The number of hydrogen-bond donors (Lipinski definition) is 0. The molecule has 0 spiro atoms. The normalized spacial score (nSPS) is 4.89. The fraction of sp³-hybridized carbons (Fsp3) is 0. The summed E-state index contributed by atoms with van der Waals surface area (Å²) in [6.07, 6.45) is 0. The molecule has 0 bridgehead atoms. The second-order valence-corrected chi connectivity index (χ2v) is 0.575. The summed E-state index contributed by atoms with van der Waals surface area (Å²) >= 11 is 0. The molecule has 0 unspecified atom stereocenters. The van der Waals surface area contributed by atoms with Crippen LogP contribution in [-0.4, -0.2) is 11.9 Å². The standard InChI is InChI=1S/C2H2O4.FH.2Li/c3-1(4)2(5)6;;;/h(H,3,4)(H,5,6);1H;;/q;;2*+1/p-2. The predicted octanol–water partition coefficient (Wildman–Crippen LogP) is -9.35. The third kappa shape index (κ3) is 18.0. The van der Waals surface area contributed by atoms with Gasteiger partial charge in [0.1, 0.15) is 0 Å². The van der Waals surface area contributed by atoms with E-state index < -0.39 is 11.9 Å². The first-order valence-electron chi connectivity index (χ1n) is 1.07. The maximum absolute atomic E-state index is 8.93. The minimum absolute atomic E-state index is 0. The van der Waals surface area contributed by atoms with Gasteiger partial charge in [-0.05, 0) is 0 Å². The van der Waals surface area contributed by atoms with Crippen molar-refractivity contribution in [1.29, 1.82) is 0 Å². The number of carboxylic acids is 2. The maximum atomic E-state index is 8.93. The van der Waals surface area contributed by atoms with E-state index in [1.54, 1.807) is 0 Å². The number of carbonyl (C=O) groups is 2. The molecule has 0 heterocycles. The van der Waals surface area contributed by atoms with Crippen molar-refractivity contribution in [2.24, 2.45) is 0 Å². The van der Waals surface area contributed by atoms with Crippen LogP contribution in [0.2, 0.25) is 0 Å². The van der Waals surface area contributed by atoms with E-state index in [2.05, 4.69) is 0 Å². The molecule has 0 aromatic carbocycles. The molecular formula is C2HFLi2O4. The Morgan fingerprint density at radius 3 is 1.00 bits per heavy atom. The van der Waals surface area contributed by atoms with Gasteiger partial charge in [-0.15, -0.1) is 0 Å². The quantitative estimate of drug-likeness (QED) is 0.236.